The third-order valence-corrected chi connectivity index (χ3v) is 8.24. The molecule has 0 saturated carbocycles. The molecule has 8 nitrogen and oxygen atoms in total. The molecule has 0 spiro atoms. The van der Waals surface area contributed by atoms with Crippen LogP contribution in [0.2, 0.25) is 0 Å². The Balaban J connectivity index is 1.65. The monoisotopic (exact) mass is 485 g/mol. The molecule has 4 aromatic rings. The van der Waals surface area contributed by atoms with Gasteiger partial charge in [0.1, 0.15) is 11.1 Å². The highest BCUT2D eigenvalue weighted by atomic mass is 32.2. The number of rotatable bonds is 6. The molecule has 1 amide bonds. The van der Waals surface area contributed by atoms with E-state index < -0.39 is 21.6 Å². The molecule has 0 saturated heterocycles. The van der Waals surface area contributed by atoms with Crippen LogP contribution in [0.25, 0.3) is 21.2 Å². The van der Waals surface area contributed by atoms with E-state index in [0.29, 0.717) is 21.2 Å². The number of benzene rings is 2. The third-order valence-electron chi connectivity index (χ3n) is 5.06. The first-order chi connectivity index (χ1) is 15.6. The second-order valence-corrected chi connectivity index (χ2v) is 11.0. The van der Waals surface area contributed by atoms with Crippen LogP contribution in [-0.2, 0) is 10.0 Å². The van der Waals surface area contributed by atoms with Gasteiger partial charge in [0, 0.05) is 17.5 Å². The fourth-order valence-corrected chi connectivity index (χ4v) is 6.61. The van der Waals surface area contributed by atoms with Crippen LogP contribution in [0.4, 0.5) is 5.13 Å². The molecule has 2 heterocycles. The van der Waals surface area contributed by atoms with Crippen molar-refractivity contribution in [2.24, 2.45) is 0 Å². The Kier molecular flexibility index (Phi) is 6.08. The second-order valence-electron chi connectivity index (χ2n) is 8.11. The summed E-state index contributed by atoms with van der Waals surface area (Å²) in [5.41, 5.74) is 0.0499. The fraction of sp³-hybridized carbons (Fsp3) is 0.261. The molecule has 0 atom stereocenters. The summed E-state index contributed by atoms with van der Waals surface area (Å²) in [6.07, 6.45) is 0. The molecule has 0 unspecified atom stereocenters. The minimum atomic E-state index is -3.70. The molecule has 2 aromatic carbocycles. The normalized spacial score (nSPS) is 12.3. The van der Waals surface area contributed by atoms with Gasteiger partial charge in [-0.1, -0.05) is 29.5 Å². The number of hydrogen-bond acceptors (Lipinski definition) is 7. The number of nitrogens with one attached hydrogen (secondary N) is 1. The lowest BCUT2D eigenvalue weighted by Gasteiger charge is -2.29. The van der Waals surface area contributed by atoms with Crippen molar-refractivity contribution in [1.29, 1.82) is 0 Å². The van der Waals surface area contributed by atoms with Gasteiger partial charge in [0.25, 0.3) is 5.91 Å². The highest BCUT2D eigenvalue weighted by Gasteiger charge is 2.29. The molecule has 0 radical (unpaired) electrons. The van der Waals surface area contributed by atoms with E-state index in [0.717, 1.165) is 11.3 Å². The lowest BCUT2D eigenvalue weighted by Crippen LogP contribution is -2.41. The Morgan fingerprint density at radius 3 is 2.45 bits per heavy atom. The van der Waals surface area contributed by atoms with E-state index in [2.05, 4.69) is 10.3 Å². The molecule has 0 fully saturated rings. The molecular weight excluding hydrogens is 462 g/mol. The van der Waals surface area contributed by atoms with Gasteiger partial charge in [-0.15, -0.1) is 0 Å². The molecule has 0 aliphatic carbocycles. The van der Waals surface area contributed by atoms with Crippen LogP contribution in [0.1, 0.15) is 38.1 Å². The number of para-hydroxylation sites is 1. The van der Waals surface area contributed by atoms with Crippen molar-refractivity contribution in [3.63, 3.8) is 0 Å². The SMILES string of the molecule is CC(C)N(C(C)C)S(=O)(=O)c1ccc2nc(NC(=O)c3cc4ccccc4oc3=O)sc2c1. The first-order valence-electron chi connectivity index (χ1n) is 10.4. The molecular formula is C23H23N3O5S2. The summed E-state index contributed by atoms with van der Waals surface area (Å²) < 4.78 is 33.6. The molecule has 0 aliphatic rings. The maximum Gasteiger partial charge on any atom is 0.349 e. The maximum atomic E-state index is 13.2. The van der Waals surface area contributed by atoms with Crippen LogP contribution in [0.5, 0.6) is 0 Å². The Bertz CT molecular complexity index is 1510. The quantitative estimate of drug-likeness (QED) is 0.404. The van der Waals surface area contributed by atoms with Gasteiger partial charge >= 0.3 is 5.63 Å². The number of thiazole rings is 1. The average Bonchev–Trinajstić information content (AvgIpc) is 3.13. The van der Waals surface area contributed by atoms with Crippen LogP contribution in [0.3, 0.4) is 0 Å². The predicted octanol–water partition coefficient (Wildman–Crippen LogP) is 4.46. The second kappa shape index (κ2) is 8.69. The number of hydrogen-bond donors (Lipinski definition) is 1. The first-order valence-corrected chi connectivity index (χ1v) is 12.6. The van der Waals surface area contributed by atoms with E-state index in [-0.39, 0.29) is 27.7 Å². The minimum absolute atomic E-state index is 0.138. The number of fused-ring (bicyclic) bond motifs is 2. The first kappa shape index (κ1) is 23.1. The number of carbonyl (C=O) groups excluding carboxylic acids is 1. The Labute approximate surface area is 194 Å². The lowest BCUT2D eigenvalue weighted by molar-refractivity contribution is 0.102. The van der Waals surface area contributed by atoms with Crippen LogP contribution < -0.4 is 10.9 Å². The number of nitrogens with zero attached hydrogens (tertiary/aromatic N) is 2. The zero-order chi connectivity index (χ0) is 23.9. The van der Waals surface area contributed by atoms with E-state index >= 15 is 0 Å². The van der Waals surface area contributed by atoms with Gasteiger partial charge in [-0.2, -0.15) is 4.31 Å². The van der Waals surface area contributed by atoms with E-state index in [1.54, 1.807) is 36.4 Å². The molecule has 172 valence electrons. The smallest absolute Gasteiger partial charge is 0.349 e. The predicted molar refractivity (Wildman–Crippen MR) is 129 cm³/mol. The Morgan fingerprint density at radius 1 is 1.06 bits per heavy atom. The van der Waals surface area contributed by atoms with E-state index in [9.17, 15) is 18.0 Å². The van der Waals surface area contributed by atoms with E-state index in [1.807, 2.05) is 27.7 Å². The molecule has 4 rings (SSSR count). The van der Waals surface area contributed by atoms with Crippen molar-refractivity contribution < 1.29 is 17.6 Å². The highest BCUT2D eigenvalue weighted by molar-refractivity contribution is 7.89. The molecule has 1 N–H and O–H groups in total. The van der Waals surface area contributed by atoms with Gasteiger partial charge in [-0.05, 0) is 58.0 Å². The molecule has 33 heavy (non-hydrogen) atoms. The fourth-order valence-electron chi connectivity index (χ4n) is 3.78. The van der Waals surface area contributed by atoms with Crippen LogP contribution in [0.15, 0.2) is 62.6 Å². The number of aromatic nitrogens is 1. The molecule has 2 aromatic heterocycles. The van der Waals surface area contributed by atoms with Gasteiger partial charge in [0.2, 0.25) is 10.0 Å². The zero-order valence-corrected chi connectivity index (χ0v) is 20.2. The summed E-state index contributed by atoms with van der Waals surface area (Å²) >= 11 is 1.13. The van der Waals surface area contributed by atoms with Gasteiger partial charge in [0.05, 0.1) is 15.1 Å². The van der Waals surface area contributed by atoms with Gasteiger partial charge in [-0.25, -0.2) is 18.2 Å². The molecule has 0 aliphatic heterocycles. The van der Waals surface area contributed by atoms with Crippen molar-refractivity contribution in [2.75, 3.05) is 5.32 Å². The Hall–Kier alpha value is -3.08. The average molecular weight is 486 g/mol. The third kappa shape index (κ3) is 4.41. The van der Waals surface area contributed by atoms with Crippen molar-refractivity contribution in [1.82, 2.24) is 9.29 Å². The van der Waals surface area contributed by atoms with Crippen molar-refractivity contribution >= 4 is 53.6 Å². The van der Waals surface area contributed by atoms with E-state index in [1.165, 1.54) is 16.4 Å². The summed E-state index contributed by atoms with van der Waals surface area (Å²) in [7, 11) is -3.70. The molecule has 10 heteroatoms. The highest BCUT2D eigenvalue weighted by Crippen LogP contribution is 2.30. The zero-order valence-electron chi connectivity index (χ0n) is 18.5. The summed E-state index contributed by atoms with van der Waals surface area (Å²) in [4.78, 5) is 29.5. The van der Waals surface area contributed by atoms with Crippen molar-refractivity contribution in [3.05, 3.63) is 64.5 Å². The van der Waals surface area contributed by atoms with Gasteiger partial charge in [0.15, 0.2) is 5.13 Å². The Morgan fingerprint density at radius 2 is 1.76 bits per heavy atom. The largest absolute Gasteiger partial charge is 0.422 e. The van der Waals surface area contributed by atoms with Crippen LogP contribution >= 0.6 is 11.3 Å². The van der Waals surface area contributed by atoms with Crippen LogP contribution in [-0.4, -0.2) is 35.7 Å². The minimum Gasteiger partial charge on any atom is -0.422 e. The van der Waals surface area contributed by atoms with Crippen molar-refractivity contribution in [2.45, 2.75) is 44.7 Å². The number of sulfonamides is 1. The summed E-state index contributed by atoms with van der Waals surface area (Å²) in [6, 6.07) is 12.7. The van der Waals surface area contributed by atoms with Gasteiger partial charge in [-0.3, -0.25) is 10.1 Å². The standard InChI is InChI=1S/C23H23N3O5S2/c1-13(2)26(14(3)4)33(29,30)16-9-10-18-20(12-16)32-23(24-18)25-21(27)17-11-15-7-5-6-8-19(15)31-22(17)28/h5-14H,1-4H3,(H,24,25,27). The molecule has 0 bridgehead atoms. The van der Waals surface area contributed by atoms with E-state index in [4.69, 9.17) is 4.42 Å². The lowest BCUT2D eigenvalue weighted by atomic mass is 10.2. The maximum absolute atomic E-state index is 13.2. The summed E-state index contributed by atoms with van der Waals surface area (Å²) in [5, 5.41) is 3.50. The van der Waals surface area contributed by atoms with Crippen molar-refractivity contribution in [3.8, 4) is 0 Å². The number of carbonyl (C=O) groups is 1. The van der Waals surface area contributed by atoms with Gasteiger partial charge < -0.3 is 4.42 Å². The number of anilines is 1. The summed E-state index contributed by atoms with van der Waals surface area (Å²) in [5.74, 6) is -0.646. The van der Waals surface area contributed by atoms with Crippen LogP contribution in [0, 0.1) is 0 Å². The summed E-state index contributed by atoms with van der Waals surface area (Å²) in [6.45, 7) is 7.33. The number of amides is 1. The topological polar surface area (TPSA) is 110 Å².